The molecular formula is C18H28N2O2. The SMILES string of the molecule is CCc1ccc2c(c1)CN(CCNC(=O)OC(C)(C)C)CC2. The first-order valence-electron chi connectivity index (χ1n) is 8.17. The number of carbonyl (C=O) groups excluding carboxylic acids is 1. The Morgan fingerprint density at radius 2 is 2.09 bits per heavy atom. The van der Waals surface area contributed by atoms with Gasteiger partial charge >= 0.3 is 6.09 Å². The molecule has 0 aromatic heterocycles. The molecule has 1 aromatic carbocycles. The molecular weight excluding hydrogens is 276 g/mol. The summed E-state index contributed by atoms with van der Waals surface area (Å²) in [6.07, 6.45) is 1.83. The fraction of sp³-hybridized carbons (Fsp3) is 0.611. The molecule has 0 saturated heterocycles. The number of hydrogen-bond acceptors (Lipinski definition) is 3. The van der Waals surface area contributed by atoms with E-state index in [4.69, 9.17) is 4.74 Å². The molecule has 1 heterocycles. The first-order valence-corrected chi connectivity index (χ1v) is 8.17. The van der Waals surface area contributed by atoms with Crippen LogP contribution >= 0.6 is 0 Å². The van der Waals surface area contributed by atoms with E-state index in [9.17, 15) is 4.79 Å². The summed E-state index contributed by atoms with van der Waals surface area (Å²) in [6, 6.07) is 6.83. The van der Waals surface area contributed by atoms with Crippen LogP contribution in [0.15, 0.2) is 18.2 Å². The standard InChI is InChI=1S/C18H28N2O2/c1-5-14-6-7-15-8-10-20(13-16(15)12-14)11-9-19-17(21)22-18(2,3)4/h6-7,12H,5,8-11,13H2,1-4H3,(H,19,21). The molecule has 0 radical (unpaired) electrons. The zero-order valence-corrected chi connectivity index (χ0v) is 14.2. The van der Waals surface area contributed by atoms with Crippen LogP contribution in [0, 0.1) is 0 Å². The Morgan fingerprint density at radius 1 is 1.32 bits per heavy atom. The van der Waals surface area contributed by atoms with Gasteiger partial charge in [-0.25, -0.2) is 4.79 Å². The first kappa shape index (κ1) is 16.8. The second-order valence-corrected chi connectivity index (χ2v) is 6.91. The molecule has 0 bridgehead atoms. The van der Waals surface area contributed by atoms with Gasteiger partial charge in [-0.3, -0.25) is 4.90 Å². The Kier molecular flexibility index (Phi) is 5.46. The van der Waals surface area contributed by atoms with E-state index >= 15 is 0 Å². The second-order valence-electron chi connectivity index (χ2n) is 6.91. The Labute approximate surface area is 133 Å². The molecule has 0 fully saturated rings. The third-order valence-electron chi connectivity index (χ3n) is 3.87. The quantitative estimate of drug-likeness (QED) is 0.929. The number of amides is 1. The van der Waals surface area contributed by atoms with E-state index in [1.807, 2.05) is 20.8 Å². The van der Waals surface area contributed by atoms with E-state index in [-0.39, 0.29) is 6.09 Å². The number of hydrogen-bond donors (Lipinski definition) is 1. The van der Waals surface area contributed by atoms with Crippen LogP contribution in [0.25, 0.3) is 0 Å². The highest BCUT2D eigenvalue weighted by molar-refractivity contribution is 5.67. The van der Waals surface area contributed by atoms with Gasteiger partial charge in [0.25, 0.3) is 0 Å². The highest BCUT2D eigenvalue weighted by Crippen LogP contribution is 2.20. The lowest BCUT2D eigenvalue weighted by molar-refractivity contribution is 0.0521. The van der Waals surface area contributed by atoms with Crippen LogP contribution in [0.2, 0.25) is 0 Å². The summed E-state index contributed by atoms with van der Waals surface area (Å²) < 4.78 is 5.25. The smallest absolute Gasteiger partial charge is 0.407 e. The van der Waals surface area contributed by atoms with Gasteiger partial charge in [-0.05, 0) is 50.3 Å². The molecule has 122 valence electrons. The fourth-order valence-electron chi connectivity index (χ4n) is 2.71. The van der Waals surface area contributed by atoms with Crippen molar-refractivity contribution in [3.8, 4) is 0 Å². The second kappa shape index (κ2) is 7.14. The zero-order chi connectivity index (χ0) is 16.2. The molecule has 1 aliphatic heterocycles. The van der Waals surface area contributed by atoms with Crippen molar-refractivity contribution in [3.63, 3.8) is 0 Å². The molecule has 0 unspecified atom stereocenters. The minimum Gasteiger partial charge on any atom is -0.444 e. The Balaban J connectivity index is 1.79. The van der Waals surface area contributed by atoms with Crippen LogP contribution in [-0.4, -0.2) is 36.2 Å². The molecule has 0 spiro atoms. The van der Waals surface area contributed by atoms with E-state index in [0.29, 0.717) is 6.54 Å². The summed E-state index contributed by atoms with van der Waals surface area (Å²) in [5.41, 5.74) is 3.86. The van der Waals surface area contributed by atoms with Crippen molar-refractivity contribution in [2.24, 2.45) is 0 Å². The number of benzene rings is 1. The highest BCUT2D eigenvalue weighted by atomic mass is 16.6. The van der Waals surface area contributed by atoms with Gasteiger partial charge in [-0.15, -0.1) is 0 Å². The molecule has 2 rings (SSSR count). The van der Waals surface area contributed by atoms with Gasteiger partial charge < -0.3 is 10.1 Å². The number of rotatable bonds is 4. The maximum Gasteiger partial charge on any atom is 0.407 e. The Hall–Kier alpha value is -1.55. The summed E-state index contributed by atoms with van der Waals surface area (Å²) in [4.78, 5) is 14.0. The third kappa shape index (κ3) is 5.02. The summed E-state index contributed by atoms with van der Waals surface area (Å²) in [7, 11) is 0. The van der Waals surface area contributed by atoms with Gasteiger partial charge in [-0.1, -0.05) is 25.1 Å². The van der Waals surface area contributed by atoms with Gasteiger partial charge in [0.15, 0.2) is 0 Å². The van der Waals surface area contributed by atoms with Gasteiger partial charge in [0.1, 0.15) is 5.60 Å². The maximum atomic E-state index is 11.6. The molecule has 22 heavy (non-hydrogen) atoms. The molecule has 1 aromatic rings. The molecule has 0 saturated carbocycles. The van der Waals surface area contributed by atoms with Crippen LogP contribution in [0.1, 0.15) is 44.4 Å². The van der Waals surface area contributed by atoms with Crippen LogP contribution in [0.5, 0.6) is 0 Å². The monoisotopic (exact) mass is 304 g/mol. The lowest BCUT2D eigenvalue weighted by Crippen LogP contribution is -2.39. The first-order chi connectivity index (χ1) is 10.4. The maximum absolute atomic E-state index is 11.6. The summed E-state index contributed by atoms with van der Waals surface area (Å²) in [5, 5.41) is 2.83. The lowest BCUT2D eigenvalue weighted by Gasteiger charge is -2.29. The molecule has 0 atom stereocenters. The topological polar surface area (TPSA) is 41.6 Å². The van der Waals surface area contributed by atoms with Crippen LogP contribution in [-0.2, 0) is 24.1 Å². The largest absolute Gasteiger partial charge is 0.444 e. The summed E-state index contributed by atoms with van der Waals surface area (Å²) in [5.74, 6) is 0. The number of ether oxygens (including phenoxy) is 1. The van der Waals surface area contributed by atoms with Crippen molar-refractivity contribution in [2.45, 2.75) is 52.7 Å². The number of nitrogens with zero attached hydrogens (tertiary/aromatic N) is 1. The molecule has 4 nitrogen and oxygen atoms in total. The minimum atomic E-state index is -0.440. The van der Waals surface area contributed by atoms with E-state index < -0.39 is 5.60 Å². The Morgan fingerprint density at radius 3 is 2.77 bits per heavy atom. The van der Waals surface area contributed by atoms with E-state index in [0.717, 1.165) is 32.5 Å². The molecule has 4 heteroatoms. The van der Waals surface area contributed by atoms with Crippen LogP contribution in [0.3, 0.4) is 0 Å². The van der Waals surface area contributed by atoms with E-state index in [1.54, 1.807) is 0 Å². The van der Waals surface area contributed by atoms with E-state index in [1.165, 1.54) is 16.7 Å². The number of alkyl carbamates (subject to hydrolysis) is 1. The van der Waals surface area contributed by atoms with Gasteiger partial charge in [0, 0.05) is 26.2 Å². The summed E-state index contributed by atoms with van der Waals surface area (Å²) in [6.45, 7) is 11.3. The van der Waals surface area contributed by atoms with Crippen LogP contribution in [0.4, 0.5) is 4.79 Å². The molecule has 1 amide bonds. The van der Waals surface area contributed by atoms with Gasteiger partial charge in [0.05, 0.1) is 0 Å². The molecule has 0 aliphatic carbocycles. The van der Waals surface area contributed by atoms with E-state index in [2.05, 4.69) is 35.3 Å². The Bertz CT molecular complexity index is 520. The van der Waals surface area contributed by atoms with Gasteiger partial charge in [-0.2, -0.15) is 0 Å². The van der Waals surface area contributed by atoms with Crippen molar-refractivity contribution >= 4 is 6.09 Å². The highest BCUT2D eigenvalue weighted by Gasteiger charge is 2.18. The van der Waals surface area contributed by atoms with Crippen LogP contribution < -0.4 is 5.32 Å². The van der Waals surface area contributed by atoms with Gasteiger partial charge in [0.2, 0.25) is 0 Å². The number of aryl methyl sites for hydroxylation is 1. The minimum absolute atomic E-state index is 0.335. The van der Waals surface area contributed by atoms with Crippen molar-refractivity contribution in [1.29, 1.82) is 0 Å². The number of nitrogens with one attached hydrogen (secondary N) is 1. The number of fused-ring (bicyclic) bond motifs is 1. The van der Waals surface area contributed by atoms with Crippen molar-refractivity contribution < 1.29 is 9.53 Å². The van der Waals surface area contributed by atoms with Crippen molar-refractivity contribution in [3.05, 3.63) is 34.9 Å². The predicted octanol–water partition coefficient (Wildman–Crippen LogP) is 3.13. The predicted molar refractivity (Wildman–Crippen MR) is 89.0 cm³/mol. The molecule has 1 N–H and O–H groups in total. The average molecular weight is 304 g/mol. The summed E-state index contributed by atoms with van der Waals surface area (Å²) >= 11 is 0. The van der Waals surface area contributed by atoms with Crippen molar-refractivity contribution in [1.82, 2.24) is 10.2 Å². The van der Waals surface area contributed by atoms with Crippen molar-refractivity contribution in [2.75, 3.05) is 19.6 Å². The lowest BCUT2D eigenvalue weighted by atomic mass is 9.96. The average Bonchev–Trinajstić information content (AvgIpc) is 2.44. The fourth-order valence-corrected chi connectivity index (χ4v) is 2.71. The third-order valence-corrected chi connectivity index (χ3v) is 3.87. The molecule has 1 aliphatic rings. The number of carbonyl (C=O) groups is 1. The normalized spacial score (nSPS) is 15.3. The zero-order valence-electron chi connectivity index (χ0n) is 14.2.